The fourth-order valence-corrected chi connectivity index (χ4v) is 2.89. The van der Waals surface area contributed by atoms with Crippen LogP contribution in [0.3, 0.4) is 0 Å². The number of hydrogen-bond acceptors (Lipinski definition) is 2. The molecule has 2 aromatic carbocycles. The highest BCUT2D eigenvalue weighted by molar-refractivity contribution is 14.1. The molecule has 0 bridgehead atoms. The molecule has 0 heterocycles. The first-order chi connectivity index (χ1) is 10.5. The Bertz CT molecular complexity index is 670. The van der Waals surface area contributed by atoms with E-state index in [0.29, 0.717) is 6.54 Å². The second-order valence-electron chi connectivity index (χ2n) is 5.63. The Morgan fingerprint density at radius 2 is 1.91 bits per heavy atom. The molecule has 2 rings (SSSR count). The summed E-state index contributed by atoms with van der Waals surface area (Å²) in [5.41, 5.74) is 4.66. The van der Waals surface area contributed by atoms with Crippen molar-refractivity contribution < 1.29 is 4.79 Å². The molecule has 3 nitrogen and oxygen atoms in total. The zero-order chi connectivity index (χ0) is 16.1. The summed E-state index contributed by atoms with van der Waals surface area (Å²) in [6.45, 7) is 5.35. The van der Waals surface area contributed by atoms with Gasteiger partial charge in [0.15, 0.2) is 0 Å². The third-order valence-electron chi connectivity index (χ3n) is 3.50. The number of nitrogens with zero attached hydrogens (tertiary/aromatic N) is 1. The van der Waals surface area contributed by atoms with Crippen LogP contribution in [0.2, 0.25) is 0 Å². The fraction of sp³-hybridized carbons (Fsp3) is 0.278. The maximum atomic E-state index is 12.1. The molecule has 0 aliphatic carbocycles. The van der Waals surface area contributed by atoms with E-state index in [-0.39, 0.29) is 5.91 Å². The van der Waals surface area contributed by atoms with Gasteiger partial charge in [0, 0.05) is 10.1 Å². The van der Waals surface area contributed by atoms with Crippen LogP contribution >= 0.6 is 22.6 Å². The van der Waals surface area contributed by atoms with Crippen LogP contribution in [0.5, 0.6) is 0 Å². The molecule has 0 aliphatic heterocycles. The molecule has 4 heteroatoms. The number of likely N-dealkylation sites (N-methyl/N-ethyl adjacent to an activating group) is 1. The van der Waals surface area contributed by atoms with Crippen LogP contribution in [-0.2, 0) is 11.3 Å². The Labute approximate surface area is 145 Å². The highest BCUT2D eigenvalue weighted by atomic mass is 127. The van der Waals surface area contributed by atoms with Crippen molar-refractivity contribution in [2.75, 3.05) is 18.9 Å². The zero-order valence-electron chi connectivity index (χ0n) is 13.2. The van der Waals surface area contributed by atoms with Gasteiger partial charge in [-0.25, -0.2) is 0 Å². The van der Waals surface area contributed by atoms with Crippen LogP contribution in [0.1, 0.15) is 16.7 Å². The van der Waals surface area contributed by atoms with Crippen molar-refractivity contribution in [2.45, 2.75) is 20.4 Å². The van der Waals surface area contributed by atoms with Crippen molar-refractivity contribution in [3.63, 3.8) is 0 Å². The Kier molecular flexibility index (Phi) is 5.97. The normalized spacial score (nSPS) is 10.8. The lowest BCUT2D eigenvalue weighted by Gasteiger charge is -2.18. The predicted octanol–water partition coefficient (Wildman–Crippen LogP) is 3.98. The molecule has 0 saturated heterocycles. The molecule has 0 spiro atoms. The second kappa shape index (κ2) is 7.74. The summed E-state index contributed by atoms with van der Waals surface area (Å²) in [6.07, 6.45) is 0. The maximum absolute atomic E-state index is 12.1. The highest BCUT2D eigenvalue weighted by Crippen LogP contribution is 2.17. The van der Waals surface area contributed by atoms with Crippen molar-refractivity contribution in [3.8, 4) is 0 Å². The molecular formula is C18H21IN2O. The molecule has 0 unspecified atom stereocenters. The Balaban J connectivity index is 1.92. The van der Waals surface area contributed by atoms with Crippen molar-refractivity contribution in [1.82, 2.24) is 4.90 Å². The number of carbonyl (C=O) groups excluding carboxylic acids is 1. The number of aryl methyl sites for hydroxylation is 2. The van der Waals surface area contributed by atoms with E-state index in [1.807, 2.05) is 36.2 Å². The van der Waals surface area contributed by atoms with E-state index in [1.165, 1.54) is 16.7 Å². The van der Waals surface area contributed by atoms with Crippen LogP contribution < -0.4 is 5.32 Å². The third-order valence-corrected chi connectivity index (χ3v) is 4.44. The molecule has 0 fully saturated rings. The minimum Gasteiger partial charge on any atom is -0.324 e. The number of amides is 1. The highest BCUT2D eigenvalue weighted by Gasteiger charge is 2.10. The summed E-state index contributed by atoms with van der Waals surface area (Å²) in [5.74, 6) is 0.0105. The maximum Gasteiger partial charge on any atom is 0.238 e. The smallest absolute Gasteiger partial charge is 0.238 e. The number of benzene rings is 2. The quantitative estimate of drug-likeness (QED) is 0.760. The molecule has 116 valence electrons. The number of anilines is 1. The number of rotatable bonds is 5. The monoisotopic (exact) mass is 408 g/mol. The molecule has 0 aromatic heterocycles. The van der Waals surface area contributed by atoms with Crippen molar-refractivity contribution in [1.29, 1.82) is 0 Å². The van der Waals surface area contributed by atoms with Gasteiger partial charge in [0.05, 0.1) is 12.2 Å². The first kappa shape index (κ1) is 17.0. The van der Waals surface area contributed by atoms with Gasteiger partial charge in [0.25, 0.3) is 0 Å². The predicted molar refractivity (Wildman–Crippen MR) is 100 cm³/mol. The van der Waals surface area contributed by atoms with Crippen molar-refractivity contribution in [2.24, 2.45) is 0 Å². The van der Waals surface area contributed by atoms with Gasteiger partial charge in [-0.15, -0.1) is 0 Å². The van der Waals surface area contributed by atoms with E-state index in [2.05, 4.69) is 60.0 Å². The number of nitrogens with one attached hydrogen (secondary N) is 1. The van der Waals surface area contributed by atoms with Gasteiger partial charge in [0.1, 0.15) is 0 Å². The first-order valence-electron chi connectivity index (χ1n) is 7.25. The van der Waals surface area contributed by atoms with Gasteiger partial charge in [-0.1, -0.05) is 35.9 Å². The van der Waals surface area contributed by atoms with Gasteiger partial charge in [-0.2, -0.15) is 0 Å². The average Bonchev–Trinajstić information content (AvgIpc) is 2.44. The van der Waals surface area contributed by atoms with E-state index < -0.39 is 0 Å². The Hall–Kier alpha value is -1.40. The van der Waals surface area contributed by atoms with Gasteiger partial charge in [-0.3, -0.25) is 9.69 Å². The van der Waals surface area contributed by atoms with Crippen LogP contribution in [0.4, 0.5) is 5.69 Å². The van der Waals surface area contributed by atoms with Crippen LogP contribution in [0.25, 0.3) is 0 Å². The van der Waals surface area contributed by atoms with Gasteiger partial charge < -0.3 is 5.32 Å². The van der Waals surface area contributed by atoms with E-state index >= 15 is 0 Å². The lowest BCUT2D eigenvalue weighted by atomic mass is 10.1. The van der Waals surface area contributed by atoms with Crippen LogP contribution in [0.15, 0.2) is 42.5 Å². The summed E-state index contributed by atoms with van der Waals surface area (Å²) in [6, 6.07) is 14.2. The molecule has 1 N–H and O–H groups in total. The summed E-state index contributed by atoms with van der Waals surface area (Å²) >= 11 is 2.23. The lowest BCUT2D eigenvalue weighted by Crippen LogP contribution is -2.30. The number of halogens is 1. The number of hydrogen-bond donors (Lipinski definition) is 1. The van der Waals surface area contributed by atoms with Gasteiger partial charge in [0.2, 0.25) is 5.91 Å². The topological polar surface area (TPSA) is 32.3 Å². The summed E-state index contributed by atoms with van der Waals surface area (Å²) in [4.78, 5) is 14.2. The standard InChI is InChI=1S/C18H21IN2O/c1-13-8-9-15(14(2)10-13)11-21(3)12-18(22)20-17-7-5-4-6-16(17)19/h4-10H,11-12H2,1-3H3,(H,20,22). The Morgan fingerprint density at radius 1 is 1.18 bits per heavy atom. The van der Waals surface area contributed by atoms with Crippen molar-refractivity contribution in [3.05, 3.63) is 62.7 Å². The first-order valence-corrected chi connectivity index (χ1v) is 8.32. The molecule has 0 aliphatic rings. The molecule has 22 heavy (non-hydrogen) atoms. The largest absolute Gasteiger partial charge is 0.324 e. The van der Waals surface area contributed by atoms with Gasteiger partial charge >= 0.3 is 0 Å². The molecule has 2 aromatic rings. The van der Waals surface area contributed by atoms with Gasteiger partial charge in [-0.05, 0) is 66.7 Å². The summed E-state index contributed by atoms with van der Waals surface area (Å²) in [7, 11) is 1.97. The van der Waals surface area contributed by atoms with Crippen molar-refractivity contribution >= 4 is 34.2 Å². The number of carbonyl (C=O) groups is 1. The Morgan fingerprint density at radius 3 is 2.59 bits per heavy atom. The summed E-state index contributed by atoms with van der Waals surface area (Å²) < 4.78 is 1.05. The lowest BCUT2D eigenvalue weighted by molar-refractivity contribution is -0.117. The average molecular weight is 408 g/mol. The molecule has 0 saturated carbocycles. The third kappa shape index (κ3) is 4.81. The fourth-order valence-electron chi connectivity index (χ4n) is 2.37. The van der Waals surface area contributed by atoms with Crippen LogP contribution in [-0.4, -0.2) is 24.4 Å². The SMILES string of the molecule is Cc1ccc(CN(C)CC(=O)Nc2ccccc2I)c(C)c1. The zero-order valence-corrected chi connectivity index (χ0v) is 15.3. The molecule has 1 amide bonds. The summed E-state index contributed by atoms with van der Waals surface area (Å²) in [5, 5.41) is 2.96. The second-order valence-corrected chi connectivity index (χ2v) is 6.79. The minimum absolute atomic E-state index is 0.0105. The van der Waals surface area contributed by atoms with E-state index in [9.17, 15) is 4.79 Å². The molecule has 0 atom stereocenters. The van der Waals surface area contributed by atoms with E-state index in [4.69, 9.17) is 0 Å². The molecular weight excluding hydrogens is 387 g/mol. The number of para-hydroxylation sites is 1. The van der Waals surface area contributed by atoms with E-state index in [1.54, 1.807) is 0 Å². The minimum atomic E-state index is 0.0105. The molecule has 0 radical (unpaired) electrons. The van der Waals surface area contributed by atoms with Crippen LogP contribution in [0, 0.1) is 17.4 Å². The van der Waals surface area contributed by atoms with E-state index in [0.717, 1.165) is 15.8 Å².